The van der Waals surface area contributed by atoms with Gasteiger partial charge >= 0.3 is 6.01 Å². The van der Waals surface area contributed by atoms with Gasteiger partial charge in [-0.15, -0.1) is 0 Å². The van der Waals surface area contributed by atoms with Crippen molar-refractivity contribution < 1.29 is 27.1 Å². The molecule has 2 aromatic heterocycles. The predicted octanol–water partition coefficient (Wildman–Crippen LogP) is 6.64. The van der Waals surface area contributed by atoms with Gasteiger partial charge in [0.1, 0.15) is 36.1 Å². The predicted molar refractivity (Wildman–Crippen MR) is 179 cm³/mol. The molecule has 49 heavy (non-hydrogen) atoms. The van der Waals surface area contributed by atoms with E-state index >= 15 is 4.39 Å². The SMILES string of the molecule is C=C(F)C(=O)N1CCN(c2nc(OCC3C4CCC(C4)N3CCF)nc3c(F)c(-c4cccc5ccc(F)c(Cl)c45)ncc23)CC1.CC#N. The molecule has 0 N–H and O–H groups in total. The summed E-state index contributed by atoms with van der Waals surface area (Å²) in [5.41, 5.74) is 0.172. The number of halogens is 5. The molecule has 7 rings (SSSR count). The normalized spacial score (nSPS) is 20.3. The highest BCUT2D eigenvalue weighted by molar-refractivity contribution is 6.36. The van der Waals surface area contributed by atoms with Crippen LogP contribution in [-0.2, 0) is 4.79 Å². The summed E-state index contributed by atoms with van der Waals surface area (Å²) in [4.78, 5) is 31.1. The van der Waals surface area contributed by atoms with Gasteiger partial charge in [0.25, 0.3) is 5.91 Å². The first-order valence-electron chi connectivity index (χ1n) is 16.0. The third kappa shape index (κ3) is 6.59. The minimum absolute atomic E-state index is 0.00817. The van der Waals surface area contributed by atoms with Gasteiger partial charge in [-0.25, -0.2) is 17.6 Å². The zero-order valence-electron chi connectivity index (χ0n) is 26.8. The molecule has 14 heteroatoms. The van der Waals surface area contributed by atoms with Crippen molar-refractivity contribution in [3.05, 3.63) is 65.6 Å². The maximum absolute atomic E-state index is 16.6. The summed E-state index contributed by atoms with van der Waals surface area (Å²) in [6.07, 6.45) is 4.52. The molecular formula is C35H34ClF4N7O2. The molecule has 256 valence electrons. The van der Waals surface area contributed by atoms with Gasteiger partial charge in [0, 0.05) is 68.9 Å². The summed E-state index contributed by atoms with van der Waals surface area (Å²) < 4.78 is 64.2. The molecule has 0 radical (unpaired) electrons. The molecule has 1 saturated carbocycles. The molecule has 2 bridgehead atoms. The van der Waals surface area contributed by atoms with Crippen LogP contribution in [0.25, 0.3) is 32.9 Å². The lowest BCUT2D eigenvalue weighted by molar-refractivity contribution is -0.128. The molecular weight excluding hydrogens is 662 g/mol. The average molecular weight is 696 g/mol. The summed E-state index contributed by atoms with van der Waals surface area (Å²) in [6.45, 7) is 5.57. The van der Waals surface area contributed by atoms with Gasteiger partial charge in [-0.3, -0.25) is 14.7 Å². The van der Waals surface area contributed by atoms with Gasteiger partial charge in [-0.2, -0.15) is 15.2 Å². The quantitative estimate of drug-likeness (QED) is 0.150. The van der Waals surface area contributed by atoms with Crippen molar-refractivity contribution >= 4 is 45.0 Å². The summed E-state index contributed by atoms with van der Waals surface area (Å²) >= 11 is 6.36. The van der Waals surface area contributed by atoms with Crippen LogP contribution in [0.2, 0.25) is 5.02 Å². The Morgan fingerprint density at radius 2 is 1.90 bits per heavy atom. The van der Waals surface area contributed by atoms with Crippen molar-refractivity contribution in [3.63, 3.8) is 0 Å². The number of piperidine rings is 1. The van der Waals surface area contributed by atoms with Gasteiger partial charge < -0.3 is 14.5 Å². The number of carbonyl (C=O) groups excluding carboxylic acids is 1. The van der Waals surface area contributed by atoms with Crippen molar-refractivity contribution in [2.75, 3.05) is 50.9 Å². The van der Waals surface area contributed by atoms with E-state index in [-0.39, 0.29) is 61.1 Å². The van der Waals surface area contributed by atoms with Gasteiger partial charge in [0.05, 0.1) is 16.5 Å². The van der Waals surface area contributed by atoms with E-state index in [2.05, 4.69) is 26.4 Å². The standard InChI is InChI=1S/C33H31ClF4N6O2.C2H3N/c1-18(36)32(45)43-13-11-42(12-14-43)31-23-16-39-29(22-4-2-3-19-6-8-24(37)27(34)26(19)22)28(38)30(23)40-33(41-31)46-17-25-20-5-7-21(15-20)44(25)10-9-35;1-2-3/h2-4,6,8,16,20-21,25H,1,5,7,9-15,17H2;1H3. The highest BCUT2D eigenvalue weighted by Crippen LogP contribution is 2.43. The smallest absolute Gasteiger partial charge is 0.319 e. The van der Waals surface area contributed by atoms with E-state index < -0.39 is 30.0 Å². The van der Waals surface area contributed by atoms with Gasteiger partial charge in [-0.1, -0.05) is 42.4 Å². The van der Waals surface area contributed by atoms with E-state index in [1.165, 1.54) is 24.1 Å². The first-order valence-corrected chi connectivity index (χ1v) is 16.4. The average Bonchev–Trinajstić information content (AvgIpc) is 3.71. The number of fused-ring (bicyclic) bond motifs is 4. The minimum Gasteiger partial charge on any atom is -0.462 e. The van der Waals surface area contributed by atoms with E-state index in [1.807, 2.05) is 4.90 Å². The lowest BCUT2D eigenvalue weighted by Crippen LogP contribution is -2.49. The third-order valence-corrected chi connectivity index (χ3v) is 9.91. The zero-order valence-corrected chi connectivity index (χ0v) is 27.6. The maximum Gasteiger partial charge on any atom is 0.319 e. The second-order valence-electron chi connectivity index (χ2n) is 12.2. The number of benzene rings is 2. The van der Waals surface area contributed by atoms with Gasteiger partial charge in [0.15, 0.2) is 11.6 Å². The molecule has 3 aliphatic rings. The number of anilines is 1. The third-order valence-electron chi connectivity index (χ3n) is 9.54. The molecule has 3 unspecified atom stereocenters. The molecule has 9 nitrogen and oxygen atoms in total. The molecule has 1 aliphatic carbocycles. The van der Waals surface area contributed by atoms with Crippen LogP contribution in [0.5, 0.6) is 6.01 Å². The number of piperazine rings is 1. The van der Waals surface area contributed by atoms with E-state index in [4.69, 9.17) is 21.6 Å². The number of nitrogens with zero attached hydrogens (tertiary/aromatic N) is 7. The van der Waals surface area contributed by atoms with Crippen LogP contribution in [0.4, 0.5) is 23.4 Å². The number of alkyl halides is 1. The Kier molecular flexibility index (Phi) is 10.2. The molecule has 2 aromatic carbocycles. The fraction of sp³-hybridized carbons (Fsp3) is 0.400. The number of aromatic nitrogens is 3. The number of pyridine rings is 1. The number of rotatable bonds is 8. The molecule has 1 amide bonds. The zero-order chi connectivity index (χ0) is 34.8. The molecule has 3 fully saturated rings. The number of likely N-dealkylation sites (tertiary alicyclic amines) is 1. The number of ether oxygens (including phenoxy) is 1. The van der Waals surface area contributed by atoms with Gasteiger partial charge in [0.2, 0.25) is 0 Å². The number of hydrogen-bond donors (Lipinski definition) is 0. The van der Waals surface area contributed by atoms with E-state index in [1.54, 1.807) is 30.3 Å². The summed E-state index contributed by atoms with van der Waals surface area (Å²) in [6, 6.07) is 9.91. The largest absolute Gasteiger partial charge is 0.462 e. The first kappa shape index (κ1) is 34.3. The van der Waals surface area contributed by atoms with Gasteiger partial charge in [-0.05, 0) is 36.6 Å². The Bertz CT molecular complexity index is 1950. The van der Waals surface area contributed by atoms with Crippen molar-refractivity contribution in [2.24, 2.45) is 5.92 Å². The molecule has 0 spiro atoms. The second-order valence-corrected chi connectivity index (χ2v) is 12.6. The van der Waals surface area contributed by atoms with Crippen molar-refractivity contribution in [1.29, 1.82) is 5.26 Å². The Balaban J connectivity index is 0.00000134. The highest BCUT2D eigenvalue weighted by atomic mass is 35.5. The van der Waals surface area contributed by atoms with Crippen LogP contribution in [-0.4, -0.2) is 88.7 Å². The number of carbonyl (C=O) groups is 1. The maximum atomic E-state index is 16.6. The van der Waals surface area contributed by atoms with E-state index in [9.17, 15) is 18.0 Å². The summed E-state index contributed by atoms with van der Waals surface area (Å²) in [5, 5.41) is 8.42. The highest BCUT2D eigenvalue weighted by Gasteiger charge is 2.45. The molecule has 4 heterocycles. The van der Waals surface area contributed by atoms with Crippen LogP contribution in [0, 0.1) is 28.9 Å². The molecule has 2 saturated heterocycles. The summed E-state index contributed by atoms with van der Waals surface area (Å²) in [5.74, 6) is -2.50. The van der Waals surface area contributed by atoms with Crippen LogP contribution < -0.4 is 9.64 Å². The Morgan fingerprint density at radius 3 is 2.61 bits per heavy atom. The van der Waals surface area contributed by atoms with Crippen LogP contribution in [0.15, 0.2) is 48.9 Å². The number of nitriles is 1. The Labute approximate surface area is 285 Å². The fourth-order valence-electron chi connectivity index (χ4n) is 7.34. The molecule has 4 aromatic rings. The van der Waals surface area contributed by atoms with Crippen molar-refractivity contribution in [1.82, 2.24) is 24.8 Å². The first-order chi connectivity index (χ1) is 23.7. The topological polar surface area (TPSA) is 98.5 Å². The van der Waals surface area contributed by atoms with Crippen molar-refractivity contribution in [3.8, 4) is 23.3 Å². The number of amides is 1. The fourth-order valence-corrected chi connectivity index (χ4v) is 7.61. The Morgan fingerprint density at radius 1 is 1.14 bits per heavy atom. The minimum atomic E-state index is -1.04. The lowest BCUT2D eigenvalue weighted by atomic mass is 9.99. The number of hydrogen-bond acceptors (Lipinski definition) is 8. The van der Waals surface area contributed by atoms with Crippen LogP contribution in [0.3, 0.4) is 0 Å². The van der Waals surface area contributed by atoms with Crippen LogP contribution >= 0.6 is 11.6 Å². The Hall–Kier alpha value is -4.54. The monoisotopic (exact) mass is 695 g/mol. The summed E-state index contributed by atoms with van der Waals surface area (Å²) in [7, 11) is 0. The second kappa shape index (κ2) is 14.5. The van der Waals surface area contributed by atoms with E-state index in [0.29, 0.717) is 46.0 Å². The van der Waals surface area contributed by atoms with E-state index in [0.717, 1.165) is 19.3 Å². The lowest BCUT2D eigenvalue weighted by Gasteiger charge is -2.36. The van der Waals surface area contributed by atoms with Crippen molar-refractivity contribution in [2.45, 2.75) is 38.3 Å². The molecule has 2 aliphatic heterocycles. The molecule has 3 atom stereocenters. The van der Waals surface area contributed by atoms with Crippen LogP contribution in [0.1, 0.15) is 26.2 Å².